The molecule has 0 aliphatic carbocycles. The largest absolute Gasteiger partial charge is 0.473 e. The number of rotatable bonds is 5. The number of nitrogens with one attached hydrogen (secondary N) is 2. The lowest BCUT2D eigenvalue weighted by atomic mass is 10.1. The Bertz CT molecular complexity index is 1450. The topological polar surface area (TPSA) is 124 Å². The number of carbonyl (C=O) groups excluding carboxylic acids is 1. The lowest BCUT2D eigenvalue weighted by Crippen LogP contribution is -2.36. The number of anilines is 2. The van der Waals surface area contributed by atoms with E-state index in [9.17, 15) is 9.59 Å². The Morgan fingerprint density at radius 3 is 2.94 bits per heavy atom. The van der Waals surface area contributed by atoms with Crippen LogP contribution in [0.5, 0.6) is 5.88 Å². The zero-order valence-electron chi connectivity index (χ0n) is 18.2. The van der Waals surface area contributed by atoms with Crippen molar-refractivity contribution in [2.75, 3.05) is 17.7 Å². The summed E-state index contributed by atoms with van der Waals surface area (Å²) in [5.41, 5.74) is 7.45. The first-order valence-electron chi connectivity index (χ1n) is 10.5. The number of hydrogen-bond acceptors (Lipinski definition) is 8. The molecule has 0 saturated carbocycles. The maximum absolute atomic E-state index is 13.0. The first-order chi connectivity index (χ1) is 16.4. The molecule has 0 saturated heterocycles. The molecule has 1 aliphatic heterocycles. The zero-order valence-corrected chi connectivity index (χ0v) is 19.7. The molecule has 0 fully saturated rings. The third-order valence-corrected chi connectivity index (χ3v) is 6.87. The molecule has 5 rings (SSSR count). The van der Waals surface area contributed by atoms with Crippen LogP contribution in [0.3, 0.4) is 0 Å². The number of nitrogens with zero attached hydrogens (tertiary/aromatic N) is 3. The number of ether oxygens (including phenoxy) is 1. The highest BCUT2D eigenvalue weighted by Gasteiger charge is 2.25. The maximum atomic E-state index is 13.0. The molecule has 0 unspecified atom stereocenters. The molecule has 0 radical (unpaired) electrons. The van der Waals surface area contributed by atoms with Gasteiger partial charge in [-0.15, -0.1) is 11.3 Å². The Balaban J connectivity index is 1.27. The fourth-order valence-corrected chi connectivity index (χ4v) is 5.05. The molecule has 11 heteroatoms. The number of aromatic nitrogens is 3. The van der Waals surface area contributed by atoms with Crippen molar-refractivity contribution < 1.29 is 9.53 Å². The van der Waals surface area contributed by atoms with Crippen LogP contribution in [-0.4, -0.2) is 27.0 Å². The van der Waals surface area contributed by atoms with Crippen LogP contribution in [0.15, 0.2) is 47.5 Å². The van der Waals surface area contributed by atoms with Gasteiger partial charge in [0.15, 0.2) is 5.69 Å². The van der Waals surface area contributed by atoms with Crippen molar-refractivity contribution in [1.82, 2.24) is 19.9 Å². The Morgan fingerprint density at radius 2 is 2.15 bits per heavy atom. The molecule has 4 heterocycles. The third-order valence-electron chi connectivity index (χ3n) is 5.53. The van der Waals surface area contributed by atoms with Crippen LogP contribution in [0.25, 0.3) is 10.1 Å². The molecule has 1 amide bonds. The second-order valence-corrected chi connectivity index (χ2v) is 9.56. The molecule has 4 aromatic rings. The summed E-state index contributed by atoms with van der Waals surface area (Å²) in [4.78, 5) is 35.0. The Kier molecular flexibility index (Phi) is 5.84. The normalized spacial score (nSPS) is 14.8. The predicted octanol–water partition coefficient (Wildman–Crippen LogP) is 3.26. The molecule has 0 bridgehead atoms. The highest BCUT2D eigenvalue weighted by molar-refractivity contribution is 7.19. The SMILES string of the molecule is Cc1nc(N)cc2sc(CNC(=O)Cn3cnc4c(c3=O)N[C@H](c3ccc(Cl)cc3)CO4)cc12. The van der Waals surface area contributed by atoms with Crippen LogP contribution < -0.4 is 26.7 Å². The monoisotopic (exact) mass is 496 g/mol. The van der Waals surface area contributed by atoms with E-state index in [4.69, 9.17) is 22.1 Å². The molecule has 1 aliphatic rings. The first kappa shape index (κ1) is 22.2. The van der Waals surface area contributed by atoms with Gasteiger partial charge in [-0.1, -0.05) is 23.7 Å². The summed E-state index contributed by atoms with van der Waals surface area (Å²) < 4.78 is 7.96. The standard InChI is InChI=1S/C23H21ClN6O3S/c1-12-16-6-15(34-18(16)7-19(25)28-12)8-26-20(31)9-30-11-27-22-21(23(30)32)29-17(10-33-22)13-2-4-14(24)5-3-13/h2-7,11,17,29H,8-10H2,1H3,(H2,25,28)(H,26,31)/t17-/m0/s1. The molecule has 34 heavy (non-hydrogen) atoms. The van der Waals surface area contributed by atoms with Crippen molar-refractivity contribution in [3.63, 3.8) is 0 Å². The summed E-state index contributed by atoms with van der Waals surface area (Å²) in [6.45, 7) is 2.40. The van der Waals surface area contributed by atoms with E-state index in [0.717, 1.165) is 26.2 Å². The molecule has 1 atom stereocenters. The van der Waals surface area contributed by atoms with Crippen molar-refractivity contribution in [3.05, 3.63) is 74.2 Å². The summed E-state index contributed by atoms with van der Waals surface area (Å²) in [5, 5.41) is 7.69. The molecular weight excluding hydrogens is 476 g/mol. The molecule has 1 aromatic carbocycles. The van der Waals surface area contributed by atoms with E-state index >= 15 is 0 Å². The second-order valence-electron chi connectivity index (χ2n) is 7.95. The number of thiophene rings is 1. The van der Waals surface area contributed by atoms with Crippen LogP contribution in [0, 0.1) is 6.92 Å². The number of aryl methyl sites for hydroxylation is 1. The molecule has 3 aromatic heterocycles. The summed E-state index contributed by atoms with van der Waals surface area (Å²) in [7, 11) is 0. The van der Waals surface area contributed by atoms with Crippen molar-refractivity contribution >= 4 is 50.4 Å². The molecule has 174 valence electrons. The summed E-state index contributed by atoms with van der Waals surface area (Å²) in [5.74, 6) is 0.389. The summed E-state index contributed by atoms with van der Waals surface area (Å²) in [6, 6.07) is 10.9. The smallest absolute Gasteiger partial charge is 0.281 e. The molecule has 9 nitrogen and oxygen atoms in total. The lowest BCUT2D eigenvalue weighted by molar-refractivity contribution is -0.121. The lowest BCUT2D eigenvalue weighted by Gasteiger charge is -2.26. The summed E-state index contributed by atoms with van der Waals surface area (Å²) in [6.07, 6.45) is 1.32. The van der Waals surface area contributed by atoms with Gasteiger partial charge in [-0.3, -0.25) is 14.2 Å². The van der Waals surface area contributed by atoms with E-state index in [1.54, 1.807) is 23.5 Å². The minimum atomic E-state index is -0.377. The minimum absolute atomic E-state index is 0.162. The molecule has 0 spiro atoms. The Morgan fingerprint density at radius 1 is 1.35 bits per heavy atom. The number of amides is 1. The Labute approximate surface area is 203 Å². The van der Waals surface area contributed by atoms with Gasteiger partial charge in [-0.25, -0.2) is 9.97 Å². The van der Waals surface area contributed by atoms with Gasteiger partial charge in [0.2, 0.25) is 11.8 Å². The average Bonchev–Trinajstić information content (AvgIpc) is 3.23. The predicted molar refractivity (Wildman–Crippen MR) is 132 cm³/mol. The van der Waals surface area contributed by atoms with Gasteiger partial charge in [0, 0.05) is 25.7 Å². The number of carbonyl (C=O) groups is 1. The van der Waals surface area contributed by atoms with Gasteiger partial charge in [-0.05, 0) is 36.8 Å². The second kappa shape index (κ2) is 8.96. The highest BCUT2D eigenvalue weighted by atomic mass is 35.5. The minimum Gasteiger partial charge on any atom is -0.473 e. The van der Waals surface area contributed by atoms with Gasteiger partial charge in [-0.2, -0.15) is 0 Å². The fourth-order valence-electron chi connectivity index (χ4n) is 3.82. The van der Waals surface area contributed by atoms with Gasteiger partial charge >= 0.3 is 0 Å². The number of nitrogen functional groups attached to an aromatic ring is 1. The third kappa shape index (κ3) is 4.42. The van der Waals surface area contributed by atoms with E-state index in [1.807, 2.05) is 31.2 Å². The molecule has 4 N–H and O–H groups in total. The van der Waals surface area contributed by atoms with Crippen molar-refractivity contribution in [3.8, 4) is 5.88 Å². The van der Waals surface area contributed by atoms with Crippen molar-refractivity contribution in [1.29, 1.82) is 0 Å². The van der Waals surface area contributed by atoms with Crippen molar-refractivity contribution in [2.45, 2.75) is 26.1 Å². The quantitative estimate of drug-likeness (QED) is 0.387. The van der Waals surface area contributed by atoms with Crippen LogP contribution in [0.4, 0.5) is 11.5 Å². The van der Waals surface area contributed by atoms with Crippen molar-refractivity contribution in [2.24, 2.45) is 0 Å². The number of benzene rings is 1. The van der Waals surface area contributed by atoms with Gasteiger partial charge in [0.05, 0.1) is 12.6 Å². The maximum Gasteiger partial charge on any atom is 0.281 e. The fraction of sp³-hybridized carbons (Fsp3) is 0.217. The van der Waals surface area contributed by atoms with Crippen LogP contribution in [-0.2, 0) is 17.9 Å². The summed E-state index contributed by atoms with van der Waals surface area (Å²) >= 11 is 7.51. The van der Waals surface area contributed by atoms with Crippen LogP contribution >= 0.6 is 22.9 Å². The highest BCUT2D eigenvalue weighted by Crippen LogP contribution is 2.30. The van der Waals surface area contributed by atoms with Crippen LogP contribution in [0.2, 0.25) is 5.02 Å². The van der Waals surface area contributed by atoms with E-state index in [0.29, 0.717) is 24.0 Å². The van der Waals surface area contributed by atoms with Gasteiger partial charge in [0.25, 0.3) is 5.56 Å². The first-order valence-corrected chi connectivity index (χ1v) is 11.7. The number of fused-ring (bicyclic) bond motifs is 2. The number of nitrogens with two attached hydrogens (primary N) is 1. The van der Waals surface area contributed by atoms with E-state index in [-0.39, 0.29) is 35.6 Å². The van der Waals surface area contributed by atoms with E-state index in [2.05, 4.69) is 20.6 Å². The van der Waals surface area contributed by atoms with E-state index < -0.39 is 0 Å². The zero-order chi connectivity index (χ0) is 23.8. The average molecular weight is 497 g/mol. The van der Waals surface area contributed by atoms with E-state index in [1.165, 1.54) is 10.9 Å². The molecular formula is C23H21ClN6O3S. The Hall–Kier alpha value is -3.63. The van der Waals surface area contributed by atoms with Gasteiger partial charge < -0.3 is 21.1 Å². The van der Waals surface area contributed by atoms with Crippen LogP contribution in [0.1, 0.15) is 22.2 Å². The number of pyridine rings is 1. The number of halogens is 1. The van der Waals surface area contributed by atoms with Gasteiger partial charge in [0.1, 0.15) is 25.3 Å². The number of hydrogen-bond donors (Lipinski definition) is 3.